The van der Waals surface area contributed by atoms with Gasteiger partial charge in [-0.25, -0.2) is 4.79 Å². The minimum atomic E-state index is -0.553. The van der Waals surface area contributed by atoms with Crippen molar-refractivity contribution in [3.05, 3.63) is 89.2 Å². The molecule has 0 saturated heterocycles. The van der Waals surface area contributed by atoms with Crippen molar-refractivity contribution >= 4 is 11.8 Å². The van der Waals surface area contributed by atoms with Crippen LogP contribution in [0, 0.1) is 0 Å². The van der Waals surface area contributed by atoms with Gasteiger partial charge in [-0.05, 0) is 17.5 Å². The largest absolute Gasteiger partial charge is 0.454 e. The zero-order valence-electron chi connectivity index (χ0n) is 14.6. The van der Waals surface area contributed by atoms with Crippen LogP contribution in [0.25, 0.3) is 0 Å². The average molecular weight is 348 g/mol. The third kappa shape index (κ3) is 4.45. The fourth-order valence-electron chi connectivity index (χ4n) is 2.55. The van der Waals surface area contributed by atoms with Gasteiger partial charge in [-0.3, -0.25) is 9.48 Å². The number of esters is 1. The summed E-state index contributed by atoms with van der Waals surface area (Å²) < 4.78 is 6.79. The minimum Gasteiger partial charge on any atom is -0.454 e. The van der Waals surface area contributed by atoms with Crippen molar-refractivity contribution in [1.82, 2.24) is 9.78 Å². The van der Waals surface area contributed by atoms with Crippen LogP contribution in [0.3, 0.4) is 0 Å². The van der Waals surface area contributed by atoms with Gasteiger partial charge in [-0.15, -0.1) is 0 Å². The number of rotatable bonds is 7. The van der Waals surface area contributed by atoms with E-state index in [-0.39, 0.29) is 12.4 Å². The monoisotopic (exact) mass is 348 g/mol. The van der Waals surface area contributed by atoms with E-state index in [1.165, 1.54) is 6.20 Å². The molecule has 0 bridgehead atoms. The Kier molecular flexibility index (Phi) is 5.59. The van der Waals surface area contributed by atoms with Gasteiger partial charge in [0.1, 0.15) is 0 Å². The second kappa shape index (κ2) is 8.25. The fourth-order valence-corrected chi connectivity index (χ4v) is 2.55. The predicted molar refractivity (Wildman–Crippen MR) is 98.2 cm³/mol. The summed E-state index contributed by atoms with van der Waals surface area (Å²) in [5, 5.41) is 4.17. The highest BCUT2D eigenvalue weighted by Crippen LogP contribution is 2.08. The van der Waals surface area contributed by atoms with Gasteiger partial charge in [0.25, 0.3) is 0 Å². The van der Waals surface area contributed by atoms with Crippen LogP contribution in [-0.2, 0) is 17.7 Å². The normalized spacial score (nSPS) is 10.5. The first-order valence-corrected chi connectivity index (χ1v) is 8.51. The number of nitrogens with zero attached hydrogens (tertiary/aromatic N) is 2. The van der Waals surface area contributed by atoms with Crippen molar-refractivity contribution < 1.29 is 14.3 Å². The number of carbonyl (C=O) groups is 2. The van der Waals surface area contributed by atoms with E-state index in [9.17, 15) is 9.59 Å². The van der Waals surface area contributed by atoms with Crippen LogP contribution >= 0.6 is 0 Å². The second-order valence-corrected chi connectivity index (χ2v) is 5.96. The summed E-state index contributed by atoms with van der Waals surface area (Å²) >= 11 is 0. The predicted octanol–water partition coefficient (Wildman–Crippen LogP) is 3.53. The smallest absolute Gasteiger partial charge is 0.341 e. The number of aromatic nitrogens is 2. The number of hydrogen-bond acceptors (Lipinski definition) is 4. The molecule has 0 unspecified atom stereocenters. The lowest BCUT2D eigenvalue weighted by Gasteiger charge is -2.04. The SMILES string of the molecule is CCc1ccc(C(=O)COC(=O)c2cnn(Cc3ccccc3)c2)cc1. The molecule has 26 heavy (non-hydrogen) atoms. The second-order valence-electron chi connectivity index (χ2n) is 5.96. The number of ketones is 1. The lowest BCUT2D eigenvalue weighted by molar-refractivity contribution is 0.0474. The fraction of sp³-hybridized carbons (Fsp3) is 0.190. The molecule has 5 heteroatoms. The van der Waals surface area contributed by atoms with Gasteiger partial charge in [0.05, 0.1) is 18.3 Å². The van der Waals surface area contributed by atoms with Crippen LogP contribution < -0.4 is 0 Å². The van der Waals surface area contributed by atoms with E-state index in [1.54, 1.807) is 23.0 Å². The van der Waals surface area contributed by atoms with E-state index < -0.39 is 5.97 Å². The van der Waals surface area contributed by atoms with Crippen molar-refractivity contribution in [2.45, 2.75) is 19.9 Å². The molecule has 0 aliphatic heterocycles. The van der Waals surface area contributed by atoms with Crippen molar-refractivity contribution in [2.75, 3.05) is 6.61 Å². The van der Waals surface area contributed by atoms with Gasteiger partial charge in [0.15, 0.2) is 12.4 Å². The maximum atomic E-state index is 12.1. The summed E-state index contributed by atoms with van der Waals surface area (Å²) in [4.78, 5) is 24.2. The molecule has 2 aromatic carbocycles. The first kappa shape index (κ1) is 17.6. The van der Waals surface area contributed by atoms with Crippen LogP contribution in [-0.4, -0.2) is 28.1 Å². The molecule has 0 N–H and O–H groups in total. The molecule has 1 heterocycles. The average Bonchev–Trinajstić information content (AvgIpc) is 3.15. The third-order valence-corrected chi connectivity index (χ3v) is 4.07. The quantitative estimate of drug-likeness (QED) is 0.484. The Hall–Kier alpha value is -3.21. The van der Waals surface area contributed by atoms with E-state index in [1.807, 2.05) is 42.5 Å². The molecule has 1 aromatic heterocycles. The van der Waals surface area contributed by atoms with Crippen LogP contribution in [0.2, 0.25) is 0 Å². The van der Waals surface area contributed by atoms with E-state index in [0.29, 0.717) is 17.7 Å². The van der Waals surface area contributed by atoms with Gasteiger partial charge in [-0.2, -0.15) is 5.10 Å². The van der Waals surface area contributed by atoms with Gasteiger partial charge >= 0.3 is 5.97 Å². The summed E-state index contributed by atoms with van der Waals surface area (Å²) in [6.45, 7) is 2.33. The zero-order valence-corrected chi connectivity index (χ0v) is 14.6. The van der Waals surface area contributed by atoms with Crippen LogP contribution in [0.15, 0.2) is 67.0 Å². The molecule has 0 aliphatic rings. The van der Waals surface area contributed by atoms with Gasteiger partial charge < -0.3 is 4.74 Å². The molecule has 5 nitrogen and oxygen atoms in total. The zero-order chi connectivity index (χ0) is 18.4. The summed E-state index contributed by atoms with van der Waals surface area (Å²) in [5.74, 6) is -0.777. The maximum Gasteiger partial charge on any atom is 0.341 e. The van der Waals surface area contributed by atoms with E-state index in [4.69, 9.17) is 4.74 Å². The van der Waals surface area contributed by atoms with Crippen LogP contribution in [0.5, 0.6) is 0 Å². The minimum absolute atomic E-state index is 0.224. The molecule has 3 rings (SSSR count). The van der Waals surface area contributed by atoms with Crippen LogP contribution in [0.4, 0.5) is 0 Å². The molecular weight excluding hydrogens is 328 g/mol. The van der Waals surface area contributed by atoms with Crippen LogP contribution in [0.1, 0.15) is 38.8 Å². The molecule has 0 amide bonds. The Labute approximate surface area is 152 Å². The van der Waals surface area contributed by atoms with Crippen molar-refractivity contribution in [2.24, 2.45) is 0 Å². The maximum absolute atomic E-state index is 12.1. The molecule has 0 aliphatic carbocycles. The number of ether oxygens (including phenoxy) is 1. The number of aryl methyl sites for hydroxylation is 1. The molecule has 3 aromatic rings. The number of Topliss-reactive ketones (excluding diaryl/α,β-unsaturated/α-hetero) is 1. The summed E-state index contributed by atoms with van der Waals surface area (Å²) in [6.07, 6.45) is 3.98. The Morgan fingerprint density at radius 1 is 0.962 bits per heavy atom. The first-order valence-electron chi connectivity index (χ1n) is 8.51. The van der Waals surface area contributed by atoms with E-state index in [2.05, 4.69) is 12.0 Å². The molecule has 0 spiro atoms. The lowest BCUT2D eigenvalue weighted by atomic mass is 10.1. The first-order chi connectivity index (χ1) is 12.7. The number of benzene rings is 2. The Balaban J connectivity index is 1.55. The molecule has 132 valence electrons. The standard InChI is InChI=1S/C21H20N2O3/c1-2-16-8-10-18(11-9-16)20(24)15-26-21(25)19-12-22-23(14-19)13-17-6-4-3-5-7-17/h3-12,14H,2,13,15H2,1H3. The highest BCUT2D eigenvalue weighted by molar-refractivity contribution is 5.99. The Bertz CT molecular complexity index is 883. The highest BCUT2D eigenvalue weighted by atomic mass is 16.5. The molecule has 0 atom stereocenters. The topological polar surface area (TPSA) is 61.2 Å². The summed E-state index contributed by atoms with van der Waals surface area (Å²) in [5.41, 5.74) is 3.11. The van der Waals surface area contributed by atoms with Crippen molar-refractivity contribution in [3.63, 3.8) is 0 Å². The molecule has 0 fully saturated rings. The van der Waals surface area contributed by atoms with Gasteiger partial charge in [0.2, 0.25) is 0 Å². The Morgan fingerprint density at radius 3 is 2.38 bits per heavy atom. The summed E-state index contributed by atoms with van der Waals surface area (Å²) in [7, 11) is 0. The highest BCUT2D eigenvalue weighted by Gasteiger charge is 2.14. The van der Waals surface area contributed by atoms with Gasteiger partial charge in [-0.1, -0.05) is 61.5 Å². The van der Waals surface area contributed by atoms with Crippen molar-refractivity contribution in [1.29, 1.82) is 0 Å². The van der Waals surface area contributed by atoms with Gasteiger partial charge in [0, 0.05) is 11.8 Å². The number of hydrogen-bond donors (Lipinski definition) is 0. The number of carbonyl (C=O) groups excluding carboxylic acids is 2. The lowest BCUT2D eigenvalue weighted by Crippen LogP contribution is -2.14. The Morgan fingerprint density at radius 2 is 1.69 bits per heavy atom. The van der Waals surface area contributed by atoms with E-state index in [0.717, 1.165) is 17.5 Å². The summed E-state index contributed by atoms with van der Waals surface area (Å²) in [6, 6.07) is 17.1. The van der Waals surface area contributed by atoms with E-state index >= 15 is 0 Å². The van der Waals surface area contributed by atoms with Crippen molar-refractivity contribution in [3.8, 4) is 0 Å². The molecule has 0 radical (unpaired) electrons. The molecule has 0 saturated carbocycles. The molecular formula is C21H20N2O3. The third-order valence-electron chi connectivity index (χ3n) is 4.07.